The second-order valence-corrected chi connectivity index (χ2v) is 8.14. The monoisotopic (exact) mass is 369 g/mol. The first-order valence-electron chi connectivity index (χ1n) is 8.31. The molecule has 2 aliphatic heterocycles. The summed E-state index contributed by atoms with van der Waals surface area (Å²) >= 11 is 0. The van der Waals surface area contributed by atoms with Gasteiger partial charge >= 0.3 is 0 Å². The Morgan fingerprint density at radius 3 is 2.36 bits per heavy atom. The molecule has 0 atom stereocenters. The molecule has 0 saturated carbocycles. The number of hydrogen-bond donors (Lipinski definition) is 0. The Bertz CT molecular complexity index is 691. The molecule has 2 aliphatic rings. The molecule has 2 heterocycles. The largest absolute Gasteiger partial charge is 0.332 e. The molecule has 138 valence electrons. The van der Waals surface area contributed by atoms with Gasteiger partial charge in [0.05, 0.1) is 19.3 Å². The minimum Gasteiger partial charge on any atom is -0.332 e. The number of amides is 3. The van der Waals surface area contributed by atoms with Gasteiger partial charge in [-0.25, -0.2) is 8.42 Å². The number of carbonyl (C=O) groups is 3. The molecule has 0 spiro atoms. The molecule has 25 heavy (non-hydrogen) atoms. The first-order chi connectivity index (χ1) is 11.8. The summed E-state index contributed by atoms with van der Waals surface area (Å²) in [5, 5.41) is 0. The molecular weight excluding hydrogens is 346 g/mol. The van der Waals surface area contributed by atoms with Crippen LogP contribution >= 0.6 is 0 Å². The third-order valence-corrected chi connectivity index (χ3v) is 5.48. The SMILES string of the molecule is CS(=O)(=O)N1CC#CCN(C(=O)CCCN2C(=O)CCC2=O)CCC1. The smallest absolute Gasteiger partial charge is 0.229 e. The minimum absolute atomic E-state index is 0.0961. The molecule has 0 unspecified atom stereocenters. The summed E-state index contributed by atoms with van der Waals surface area (Å²) in [6.07, 6.45) is 2.85. The highest BCUT2D eigenvalue weighted by molar-refractivity contribution is 7.88. The Morgan fingerprint density at radius 1 is 1.08 bits per heavy atom. The number of hydrogen-bond acceptors (Lipinski definition) is 5. The van der Waals surface area contributed by atoms with Crippen LogP contribution in [0.15, 0.2) is 0 Å². The van der Waals surface area contributed by atoms with E-state index >= 15 is 0 Å². The van der Waals surface area contributed by atoms with E-state index in [4.69, 9.17) is 0 Å². The van der Waals surface area contributed by atoms with Crippen molar-refractivity contribution in [3.63, 3.8) is 0 Å². The molecule has 0 N–H and O–H groups in total. The molecule has 2 rings (SSSR count). The normalized spacial score (nSPS) is 19.9. The maximum Gasteiger partial charge on any atom is 0.229 e. The van der Waals surface area contributed by atoms with Crippen LogP contribution in [0.1, 0.15) is 32.1 Å². The number of likely N-dealkylation sites (tertiary alicyclic amines) is 1. The number of imide groups is 1. The Morgan fingerprint density at radius 2 is 1.72 bits per heavy atom. The van der Waals surface area contributed by atoms with Crippen molar-refractivity contribution in [3.05, 3.63) is 0 Å². The molecule has 0 aromatic heterocycles. The average molecular weight is 369 g/mol. The molecular formula is C16H23N3O5S. The molecule has 0 radical (unpaired) electrons. The fraction of sp³-hybridized carbons (Fsp3) is 0.688. The van der Waals surface area contributed by atoms with Gasteiger partial charge in [0.25, 0.3) is 0 Å². The van der Waals surface area contributed by atoms with Gasteiger partial charge < -0.3 is 4.90 Å². The standard InChI is InChI=1S/C16H23N3O5S/c1-25(23,24)18-11-3-2-9-17(10-5-12-18)14(20)6-4-13-19-15(21)7-8-16(19)22/h4-13H2,1H3. The van der Waals surface area contributed by atoms with E-state index in [0.29, 0.717) is 25.9 Å². The van der Waals surface area contributed by atoms with Crippen molar-refractivity contribution in [2.45, 2.75) is 32.1 Å². The Balaban J connectivity index is 1.82. The summed E-state index contributed by atoms with van der Waals surface area (Å²) in [6, 6.07) is 0. The Kier molecular flexibility index (Phi) is 6.56. The van der Waals surface area contributed by atoms with Crippen LogP contribution in [0, 0.1) is 11.8 Å². The lowest BCUT2D eigenvalue weighted by Gasteiger charge is -2.22. The third-order valence-electron chi connectivity index (χ3n) is 4.23. The summed E-state index contributed by atoms with van der Waals surface area (Å²) in [5.74, 6) is 5.18. The van der Waals surface area contributed by atoms with Gasteiger partial charge in [-0.2, -0.15) is 4.31 Å². The van der Waals surface area contributed by atoms with Gasteiger partial charge in [-0.1, -0.05) is 11.8 Å². The molecule has 3 amide bonds. The van der Waals surface area contributed by atoms with Crippen LogP contribution < -0.4 is 0 Å². The van der Waals surface area contributed by atoms with E-state index in [1.54, 1.807) is 4.90 Å². The lowest BCUT2D eigenvalue weighted by atomic mass is 10.2. The molecule has 0 aromatic carbocycles. The molecule has 1 fully saturated rings. The summed E-state index contributed by atoms with van der Waals surface area (Å²) < 4.78 is 24.5. The van der Waals surface area contributed by atoms with Crippen molar-refractivity contribution in [3.8, 4) is 11.8 Å². The topological polar surface area (TPSA) is 95.1 Å². The van der Waals surface area contributed by atoms with Gasteiger partial charge in [0.1, 0.15) is 0 Å². The lowest BCUT2D eigenvalue weighted by molar-refractivity contribution is -0.139. The number of carbonyl (C=O) groups excluding carboxylic acids is 3. The molecule has 9 heteroatoms. The van der Waals surface area contributed by atoms with Crippen LogP contribution in [0.25, 0.3) is 0 Å². The van der Waals surface area contributed by atoms with E-state index in [1.165, 1.54) is 9.21 Å². The molecule has 8 nitrogen and oxygen atoms in total. The van der Waals surface area contributed by atoms with E-state index < -0.39 is 10.0 Å². The van der Waals surface area contributed by atoms with E-state index in [9.17, 15) is 22.8 Å². The van der Waals surface area contributed by atoms with Crippen molar-refractivity contribution in [2.75, 3.05) is 39.0 Å². The summed E-state index contributed by atoms with van der Waals surface area (Å²) in [6.45, 7) is 1.43. The molecule has 0 bridgehead atoms. The van der Waals surface area contributed by atoms with Crippen LogP contribution in [0.3, 0.4) is 0 Å². The van der Waals surface area contributed by atoms with Crippen molar-refractivity contribution in [1.82, 2.24) is 14.1 Å². The predicted octanol–water partition coefficient (Wildman–Crippen LogP) is -0.587. The van der Waals surface area contributed by atoms with Gasteiger partial charge in [0.2, 0.25) is 27.7 Å². The first-order valence-corrected chi connectivity index (χ1v) is 10.2. The van der Waals surface area contributed by atoms with Crippen LogP contribution in [0.5, 0.6) is 0 Å². The van der Waals surface area contributed by atoms with Gasteiger partial charge in [-0.3, -0.25) is 19.3 Å². The van der Waals surface area contributed by atoms with E-state index in [0.717, 1.165) is 6.26 Å². The number of nitrogens with zero attached hydrogens (tertiary/aromatic N) is 3. The first kappa shape index (κ1) is 19.4. The van der Waals surface area contributed by atoms with Gasteiger partial charge in [0.15, 0.2) is 0 Å². The maximum atomic E-state index is 12.3. The van der Waals surface area contributed by atoms with E-state index in [1.807, 2.05) is 0 Å². The minimum atomic E-state index is -3.30. The van der Waals surface area contributed by atoms with Crippen molar-refractivity contribution in [2.24, 2.45) is 0 Å². The van der Waals surface area contributed by atoms with Gasteiger partial charge in [0, 0.05) is 38.9 Å². The second-order valence-electron chi connectivity index (χ2n) is 6.16. The average Bonchev–Trinajstić information content (AvgIpc) is 2.91. The van der Waals surface area contributed by atoms with E-state index in [2.05, 4.69) is 11.8 Å². The summed E-state index contributed by atoms with van der Waals surface area (Å²) in [4.78, 5) is 38.2. The van der Waals surface area contributed by atoms with Crippen LogP contribution in [0.2, 0.25) is 0 Å². The van der Waals surface area contributed by atoms with E-state index in [-0.39, 0.29) is 56.6 Å². The zero-order chi connectivity index (χ0) is 18.4. The van der Waals surface area contributed by atoms with Crippen molar-refractivity contribution >= 4 is 27.7 Å². The molecule has 1 saturated heterocycles. The highest BCUT2D eigenvalue weighted by atomic mass is 32.2. The summed E-state index contributed by atoms with van der Waals surface area (Å²) in [7, 11) is -3.30. The number of rotatable bonds is 5. The zero-order valence-electron chi connectivity index (χ0n) is 14.4. The quantitative estimate of drug-likeness (QED) is 0.477. The molecule has 0 aromatic rings. The van der Waals surface area contributed by atoms with Gasteiger partial charge in [-0.15, -0.1) is 0 Å². The summed E-state index contributed by atoms with van der Waals surface area (Å²) in [5.41, 5.74) is 0. The fourth-order valence-corrected chi connectivity index (χ4v) is 3.57. The van der Waals surface area contributed by atoms with Crippen molar-refractivity contribution < 1.29 is 22.8 Å². The van der Waals surface area contributed by atoms with Crippen LogP contribution in [0.4, 0.5) is 0 Å². The highest BCUT2D eigenvalue weighted by Crippen LogP contribution is 2.13. The Hall–Kier alpha value is -1.92. The number of sulfonamides is 1. The maximum absolute atomic E-state index is 12.3. The second kappa shape index (κ2) is 8.45. The van der Waals surface area contributed by atoms with Crippen LogP contribution in [-0.2, 0) is 24.4 Å². The fourth-order valence-electron chi connectivity index (χ4n) is 2.81. The van der Waals surface area contributed by atoms with Gasteiger partial charge in [-0.05, 0) is 12.8 Å². The lowest BCUT2D eigenvalue weighted by Crippen LogP contribution is -2.36. The highest BCUT2D eigenvalue weighted by Gasteiger charge is 2.28. The van der Waals surface area contributed by atoms with Crippen LogP contribution in [-0.4, -0.2) is 79.2 Å². The predicted molar refractivity (Wildman–Crippen MR) is 90.6 cm³/mol. The molecule has 0 aliphatic carbocycles. The van der Waals surface area contributed by atoms with Crippen molar-refractivity contribution in [1.29, 1.82) is 0 Å². The zero-order valence-corrected chi connectivity index (χ0v) is 15.2. The Labute approximate surface area is 148 Å². The third kappa shape index (κ3) is 5.54.